The zero-order chi connectivity index (χ0) is 11.5. The molecule has 0 radical (unpaired) electrons. The zero-order valence-corrected chi connectivity index (χ0v) is 8.82. The Morgan fingerprint density at radius 2 is 2.12 bits per heavy atom. The average Bonchev–Trinajstić information content (AvgIpc) is 2.22. The third-order valence-corrected chi connectivity index (χ3v) is 2.17. The van der Waals surface area contributed by atoms with E-state index in [0.717, 1.165) is 6.07 Å². The smallest absolute Gasteiger partial charge is 0.223 e. The van der Waals surface area contributed by atoms with Crippen LogP contribution in [0.1, 0.15) is 0 Å². The molecule has 0 aliphatic carbocycles. The summed E-state index contributed by atoms with van der Waals surface area (Å²) in [6.07, 6.45) is 2.58. The van der Waals surface area contributed by atoms with E-state index in [-0.39, 0.29) is 5.02 Å². The Labute approximate surface area is 96.2 Å². The maximum Gasteiger partial charge on any atom is 0.223 e. The van der Waals surface area contributed by atoms with Crippen molar-refractivity contribution in [3.63, 3.8) is 0 Å². The van der Waals surface area contributed by atoms with E-state index < -0.39 is 5.82 Å². The molecule has 0 N–H and O–H groups in total. The fraction of sp³-hybridized carbons (Fsp3) is 0. The first-order valence-corrected chi connectivity index (χ1v) is 4.85. The van der Waals surface area contributed by atoms with Gasteiger partial charge in [0.2, 0.25) is 6.20 Å². The molecular formula is C11H7ClFNO2. The van der Waals surface area contributed by atoms with Crippen molar-refractivity contribution in [2.24, 2.45) is 0 Å². The van der Waals surface area contributed by atoms with Crippen molar-refractivity contribution >= 4 is 11.6 Å². The van der Waals surface area contributed by atoms with Crippen LogP contribution in [0.2, 0.25) is 5.02 Å². The van der Waals surface area contributed by atoms with Gasteiger partial charge in [-0.15, -0.1) is 0 Å². The molecular weight excluding hydrogens is 233 g/mol. The number of halogens is 2. The standard InChI is InChI=1S/C11H7ClFNO2/c12-10-6-8(13)3-4-11(10)16-9-2-1-5-14(15)7-9/h1-7H. The Bertz CT molecular complexity index is 519. The molecule has 0 amide bonds. The summed E-state index contributed by atoms with van der Waals surface area (Å²) in [5, 5.41) is 11.1. The molecule has 0 aliphatic heterocycles. The zero-order valence-electron chi connectivity index (χ0n) is 8.06. The van der Waals surface area contributed by atoms with Gasteiger partial charge in [0, 0.05) is 6.07 Å². The van der Waals surface area contributed by atoms with Crippen molar-refractivity contribution in [3.05, 3.63) is 58.8 Å². The number of hydrogen-bond acceptors (Lipinski definition) is 2. The van der Waals surface area contributed by atoms with E-state index in [1.165, 1.54) is 24.5 Å². The number of nitrogens with zero attached hydrogens (tertiary/aromatic N) is 1. The molecule has 0 aliphatic rings. The minimum absolute atomic E-state index is 0.154. The maximum atomic E-state index is 12.8. The highest BCUT2D eigenvalue weighted by atomic mass is 35.5. The summed E-state index contributed by atoms with van der Waals surface area (Å²) < 4.78 is 18.7. The van der Waals surface area contributed by atoms with Crippen LogP contribution in [0.25, 0.3) is 0 Å². The second-order valence-electron chi connectivity index (χ2n) is 3.08. The second-order valence-corrected chi connectivity index (χ2v) is 3.48. The van der Waals surface area contributed by atoms with Gasteiger partial charge in [0.05, 0.1) is 5.02 Å². The number of hydrogen-bond donors (Lipinski definition) is 0. The van der Waals surface area contributed by atoms with Crippen LogP contribution in [0.5, 0.6) is 11.5 Å². The Hall–Kier alpha value is -1.81. The van der Waals surface area contributed by atoms with Gasteiger partial charge in [-0.05, 0) is 24.3 Å². The monoisotopic (exact) mass is 239 g/mol. The van der Waals surface area contributed by atoms with E-state index in [0.29, 0.717) is 16.2 Å². The van der Waals surface area contributed by atoms with Gasteiger partial charge >= 0.3 is 0 Å². The predicted molar refractivity (Wildman–Crippen MR) is 56.9 cm³/mol. The Morgan fingerprint density at radius 1 is 1.31 bits per heavy atom. The van der Waals surface area contributed by atoms with Gasteiger partial charge < -0.3 is 9.94 Å². The van der Waals surface area contributed by atoms with Crippen molar-refractivity contribution in [3.8, 4) is 11.5 Å². The SMILES string of the molecule is [O-][n+]1cccc(Oc2ccc(F)cc2Cl)c1. The van der Waals surface area contributed by atoms with Crippen LogP contribution in [0.4, 0.5) is 4.39 Å². The molecule has 0 spiro atoms. The lowest BCUT2D eigenvalue weighted by Gasteiger charge is -2.06. The molecule has 1 aromatic carbocycles. The van der Waals surface area contributed by atoms with Gasteiger partial charge in [-0.2, -0.15) is 4.73 Å². The largest absolute Gasteiger partial charge is 0.619 e. The highest BCUT2D eigenvalue weighted by molar-refractivity contribution is 6.32. The normalized spacial score (nSPS) is 10.1. The number of ether oxygens (including phenoxy) is 1. The third-order valence-electron chi connectivity index (χ3n) is 1.87. The highest BCUT2D eigenvalue weighted by Gasteiger charge is 2.06. The van der Waals surface area contributed by atoms with Crippen LogP contribution in [0.15, 0.2) is 42.7 Å². The summed E-state index contributed by atoms with van der Waals surface area (Å²) in [7, 11) is 0. The fourth-order valence-electron chi connectivity index (χ4n) is 1.18. The highest BCUT2D eigenvalue weighted by Crippen LogP contribution is 2.28. The molecule has 0 bridgehead atoms. The Morgan fingerprint density at radius 3 is 2.81 bits per heavy atom. The first-order valence-electron chi connectivity index (χ1n) is 4.47. The van der Waals surface area contributed by atoms with Crippen molar-refractivity contribution < 1.29 is 13.9 Å². The van der Waals surface area contributed by atoms with Gasteiger partial charge in [-0.25, -0.2) is 4.39 Å². The number of benzene rings is 1. The van der Waals surface area contributed by atoms with E-state index in [4.69, 9.17) is 16.3 Å². The molecule has 0 saturated heterocycles. The number of pyridine rings is 1. The molecule has 2 aromatic rings. The molecule has 1 aromatic heterocycles. The minimum atomic E-state index is -0.440. The Balaban J connectivity index is 2.27. The fourth-order valence-corrected chi connectivity index (χ4v) is 1.39. The molecule has 0 unspecified atom stereocenters. The maximum absolute atomic E-state index is 12.8. The van der Waals surface area contributed by atoms with Crippen LogP contribution < -0.4 is 9.47 Å². The van der Waals surface area contributed by atoms with E-state index in [9.17, 15) is 9.60 Å². The summed E-state index contributed by atoms with van der Waals surface area (Å²) in [6.45, 7) is 0. The third kappa shape index (κ3) is 2.41. The van der Waals surface area contributed by atoms with Gasteiger partial charge in [-0.1, -0.05) is 11.6 Å². The van der Waals surface area contributed by atoms with E-state index in [1.54, 1.807) is 12.1 Å². The molecule has 0 fully saturated rings. The molecule has 0 saturated carbocycles. The summed E-state index contributed by atoms with van der Waals surface area (Å²) in [4.78, 5) is 0. The average molecular weight is 240 g/mol. The molecule has 1 heterocycles. The van der Waals surface area contributed by atoms with Crippen molar-refractivity contribution in [1.29, 1.82) is 0 Å². The van der Waals surface area contributed by atoms with Crippen LogP contribution in [0, 0.1) is 11.0 Å². The number of rotatable bonds is 2. The molecule has 0 atom stereocenters. The lowest BCUT2D eigenvalue weighted by Crippen LogP contribution is -2.23. The lowest BCUT2D eigenvalue weighted by atomic mass is 10.3. The van der Waals surface area contributed by atoms with E-state index in [2.05, 4.69) is 0 Å². The molecule has 2 rings (SSSR count). The first kappa shape index (κ1) is 10.7. The van der Waals surface area contributed by atoms with Crippen LogP contribution >= 0.6 is 11.6 Å². The summed E-state index contributed by atoms with van der Waals surface area (Å²) in [5.74, 6) is 0.199. The molecule has 16 heavy (non-hydrogen) atoms. The van der Waals surface area contributed by atoms with Crippen LogP contribution in [-0.4, -0.2) is 0 Å². The van der Waals surface area contributed by atoms with Crippen molar-refractivity contribution in [2.75, 3.05) is 0 Å². The second kappa shape index (κ2) is 4.37. The van der Waals surface area contributed by atoms with E-state index in [1.807, 2.05) is 0 Å². The van der Waals surface area contributed by atoms with Crippen LogP contribution in [-0.2, 0) is 0 Å². The van der Waals surface area contributed by atoms with Crippen molar-refractivity contribution in [2.45, 2.75) is 0 Å². The number of aromatic nitrogens is 1. The minimum Gasteiger partial charge on any atom is -0.619 e. The topological polar surface area (TPSA) is 36.2 Å². The summed E-state index contributed by atoms with van der Waals surface area (Å²) >= 11 is 5.77. The summed E-state index contributed by atoms with van der Waals surface area (Å²) in [6, 6.07) is 6.92. The predicted octanol–water partition coefficient (Wildman–Crippen LogP) is 2.90. The van der Waals surface area contributed by atoms with E-state index >= 15 is 0 Å². The quantitative estimate of drug-likeness (QED) is 0.597. The molecule has 5 heteroatoms. The van der Waals surface area contributed by atoms with Gasteiger partial charge in [0.15, 0.2) is 11.9 Å². The lowest BCUT2D eigenvalue weighted by molar-refractivity contribution is -0.605. The van der Waals surface area contributed by atoms with Crippen molar-refractivity contribution in [1.82, 2.24) is 0 Å². The van der Waals surface area contributed by atoms with Crippen LogP contribution in [0.3, 0.4) is 0 Å². The Kier molecular flexibility index (Phi) is 2.92. The van der Waals surface area contributed by atoms with Gasteiger partial charge in [0.1, 0.15) is 11.6 Å². The first-order chi connectivity index (χ1) is 7.65. The van der Waals surface area contributed by atoms with Gasteiger partial charge in [-0.3, -0.25) is 0 Å². The molecule has 3 nitrogen and oxygen atoms in total. The van der Waals surface area contributed by atoms with Gasteiger partial charge in [0.25, 0.3) is 0 Å². The summed E-state index contributed by atoms with van der Waals surface area (Å²) in [5.41, 5.74) is 0. The molecule has 82 valence electrons.